The summed E-state index contributed by atoms with van der Waals surface area (Å²) in [4.78, 5) is 38.2. The average molecular weight is 669 g/mol. The molecule has 4 aliphatic rings. The van der Waals surface area contributed by atoms with Gasteiger partial charge in [-0.3, -0.25) is 19.8 Å². The molecule has 0 radical (unpaired) electrons. The lowest BCUT2D eigenvalue weighted by atomic mass is 10.00. The maximum atomic E-state index is 14.9. The molecule has 11 nitrogen and oxygen atoms in total. The third-order valence-electron chi connectivity index (χ3n) is 8.89. The van der Waals surface area contributed by atoms with Crippen LogP contribution < -0.4 is 28.4 Å². The molecule has 2 aliphatic carbocycles. The topological polar surface area (TPSA) is 198 Å². The third-order valence-corrected chi connectivity index (χ3v) is 10.2. The second kappa shape index (κ2) is 14.6. The van der Waals surface area contributed by atoms with Crippen LogP contribution in [-0.4, -0.2) is 64.9 Å². The van der Waals surface area contributed by atoms with Gasteiger partial charge in [-0.2, -0.15) is 8.78 Å². The molecule has 2 aromatic carbocycles. The molecule has 5 unspecified atom stereocenters. The molecule has 2 heterocycles. The fourth-order valence-corrected chi connectivity index (χ4v) is 7.75. The Morgan fingerprint density at radius 3 is 2.45 bits per heavy atom. The van der Waals surface area contributed by atoms with E-state index >= 15 is 0 Å². The van der Waals surface area contributed by atoms with E-state index in [0.29, 0.717) is 40.7 Å². The number of primary amides is 1. The summed E-state index contributed by atoms with van der Waals surface area (Å²) >= 11 is 1.59. The first-order valence-corrected chi connectivity index (χ1v) is 16.2. The Morgan fingerprint density at radius 2 is 1.85 bits per heavy atom. The van der Waals surface area contributed by atoms with Gasteiger partial charge in [0.05, 0.1) is 18.3 Å². The molecule has 0 aromatic heterocycles. The number of nitrogens with two attached hydrogens (primary N) is 4. The van der Waals surface area contributed by atoms with Gasteiger partial charge in [0, 0.05) is 53.2 Å². The van der Waals surface area contributed by atoms with E-state index in [1.165, 1.54) is 23.3 Å². The van der Waals surface area contributed by atoms with Crippen LogP contribution in [-0.2, 0) is 26.7 Å². The Hall–Kier alpha value is -4.43. The standard InChI is InChI=1S/C29H30F2N4O2S.C3H9N3.CH3NO/c1-14-19-12-23(28(37)34-15(2)24-11-17(13-38-24)27(32)33)35(26(14)19)25(36)10-16-7-8-22-20(9-16)18-5-3-4-6-21(18)29(22,30)31;1-6(5)3-2-4;2-1-3/h3-9,11,14-15,17,19,23,26H,10,12-13H2,1-2H3,(H3,32,33)(H,34,37);2-3H,4-5H2,1H3;1H,(H2,2,3)/b;3-2-;/t14?,15-,17?,19?,23?,26?;;/m1../s1. The van der Waals surface area contributed by atoms with E-state index in [-0.39, 0.29) is 59.6 Å². The third kappa shape index (κ3) is 7.43. The number of fused-ring (bicyclic) bond motifs is 4. The van der Waals surface area contributed by atoms with Crippen LogP contribution in [0.25, 0.3) is 11.1 Å². The minimum Gasteiger partial charge on any atom is -0.403 e. The number of thioether (sulfide) groups is 1. The molecule has 6 rings (SSSR count). The molecule has 6 atom stereocenters. The van der Waals surface area contributed by atoms with E-state index in [1.807, 2.05) is 13.0 Å². The highest BCUT2D eigenvalue weighted by Gasteiger charge is 2.61. The Kier molecular flexibility index (Phi) is 11.0. The molecule has 47 heavy (non-hydrogen) atoms. The molecular formula is C33H42F2N8O3S. The number of carbonyl (C=O) groups excluding carboxylic acids is 3. The summed E-state index contributed by atoms with van der Waals surface area (Å²) in [5.41, 5.74) is 16.3. The Labute approximate surface area is 277 Å². The van der Waals surface area contributed by atoms with Crippen molar-refractivity contribution in [1.82, 2.24) is 15.2 Å². The number of amidine groups is 1. The van der Waals surface area contributed by atoms with Crippen molar-refractivity contribution in [3.8, 4) is 11.1 Å². The lowest BCUT2D eigenvalue weighted by molar-refractivity contribution is -0.139. The van der Waals surface area contributed by atoms with E-state index in [2.05, 4.69) is 18.0 Å². The highest BCUT2D eigenvalue weighted by molar-refractivity contribution is 8.03. The smallest absolute Gasteiger partial charge is 0.299 e. The summed E-state index contributed by atoms with van der Waals surface area (Å²) < 4.78 is 29.9. The van der Waals surface area contributed by atoms with Crippen molar-refractivity contribution in [1.29, 1.82) is 5.41 Å². The SMILES string of the molecule is CC1C2CC(C(=O)N[C@H](C)C3=CC(C(=N)N)CS3)N(C(=O)Cc3ccc4c(c3)-c3ccccc3C4(F)F)C12.CN(N)/C=C\N.NC=O. The number of nitrogens with zero attached hydrogens (tertiary/aromatic N) is 2. The second-order valence-electron chi connectivity index (χ2n) is 12.1. The van der Waals surface area contributed by atoms with E-state index in [9.17, 15) is 18.4 Å². The molecule has 2 fully saturated rings. The number of hydrogen-bond donors (Lipinski definition) is 6. The second-order valence-corrected chi connectivity index (χ2v) is 13.2. The lowest BCUT2D eigenvalue weighted by Gasteiger charge is -2.29. The molecular weight excluding hydrogens is 626 g/mol. The number of likely N-dealkylation sites (tertiary alicyclic amines) is 1. The number of carbonyl (C=O) groups is 3. The number of benzene rings is 2. The summed E-state index contributed by atoms with van der Waals surface area (Å²) in [7, 11) is 1.70. The summed E-state index contributed by atoms with van der Waals surface area (Å²) in [6.07, 6.45) is 5.80. The van der Waals surface area contributed by atoms with Crippen LogP contribution in [0.5, 0.6) is 0 Å². The average Bonchev–Trinajstić information content (AvgIpc) is 3.41. The molecule has 1 saturated heterocycles. The van der Waals surface area contributed by atoms with Crippen LogP contribution in [0.1, 0.15) is 37.0 Å². The normalized spacial score (nSPS) is 24.7. The predicted octanol–water partition coefficient (Wildman–Crippen LogP) is 2.60. The van der Waals surface area contributed by atoms with Crippen molar-refractivity contribution >= 4 is 35.8 Å². The number of halogens is 2. The highest BCUT2D eigenvalue weighted by Crippen LogP contribution is 2.54. The summed E-state index contributed by atoms with van der Waals surface area (Å²) in [5, 5.41) is 12.1. The number of amides is 3. The lowest BCUT2D eigenvalue weighted by Crippen LogP contribution is -2.51. The monoisotopic (exact) mass is 668 g/mol. The quantitative estimate of drug-likeness (QED) is 0.0851. The molecule has 252 valence electrons. The Balaban J connectivity index is 0.000000495. The molecule has 1 saturated carbocycles. The van der Waals surface area contributed by atoms with Crippen LogP contribution in [0.15, 0.2) is 65.8 Å². The maximum absolute atomic E-state index is 14.9. The number of hydrazine groups is 1. The highest BCUT2D eigenvalue weighted by atomic mass is 32.2. The zero-order valence-electron chi connectivity index (χ0n) is 26.5. The molecule has 2 aromatic rings. The molecule has 0 spiro atoms. The van der Waals surface area contributed by atoms with Crippen LogP contribution in [0.3, 0.4) is 0 Å². The molecule has 14 heteroatoms. The van der Waals surface area contributed by atoms with Crippen molar-refractivity contribution in [2.45, 2.75) is 50.7 Å². The van der Waals surface area contributed by atoms with E-state index in [1.54, 1.807) is 60.2 Å². The van der Waals surface area contributed by atoms with Crippen LogP contribution in [0, 0.1) is 23.2 Å². The number of nitrogens with one attached hydrogen (secondary N) is 2. The first kappa shape index (κ1) is 35.4. The first-order chi connectivity index (χ1) is 22.3. The molecule has 0 bridgehead atoms. The van der Waals surface area contributed by atoms with Gasteiger partial charge in [0.15, 0.2) is 0 Å². The van der Waals surface area contributed by atoms with Crippen molar-refractivity contribution in [2.75, 3.05) is 12.8 Å². The molecule has 10 N–H and O–H groups in total. The van der Waals surface area contributed by atoms with E-state index in [4.69, 9.17) is 27.5 Å². The van der Waals surface area contributed by atoms with Crippen molar-refractivity contribution in [3.05, 3.63) is 82.5 Å². The largest absolute Gasteiger partial charge is 0.403 e. The van der Waals surface area contributed by atoms with Crippen LogP contribution in [0.2, 0.25) is 0 Å². The molecule has 2 aliphatic heterocycles. The van der Waals surface area contributed by atoms with E-state index in [0.717, 1.165) is 4.91 Å². The van der Waals surface area contributed by atoms with E-state index < -0.39 is 12.0 Å². The van der Waals surface area contributed by atoms with Gasteiger partial charge in [0.2, 0.25) is 18.2 Å². The minimum absolute atomic E-state index is 0.0105. The number of alkyl halides is 2. The number of rotatable bonds is 7. The summed E-state index contributed by atoms with van der Waals surface area (Å²) in [6.45, 7) is 4.00. The van der Waals surface area contributed by atoms with Gasteiger partial charge in [-0.15, -0.1) is 11.8 Å². The van der Waals surface area contributed by atoms with Crippen molar-refractivity contribution in [2.24, 2.45) is 40.8 Å². The van der Waals surface area contributed by atoms with Crippen molar-refractivity contribution in [3.63, 3.8) is 0 Å². The van der Waals surface area contributed by atoms with Gasteiger partial charge in [0.1, 0.15) is 6.04 Å². The fraction of sp³-hybridized carbons (Fsp3) is 0.394. The summed E-state index contributed by atoms with van der Waals surface area (Å²) in [5.74, 6) is 3.01. The van der Waals surface area contributed by atoms with Gasteiger partial charge in [-0.1, -0.05) is 55.5 Å². The number of hydrogen-bond acceptors (Lipinski definition) is 8. The van der Waals surface area contributed by atoms with Crippen LogP contribution >= 0.6 is 11.8 Å². The van der Waals surface area contributed by atoms with Gasteiger partial charge in [0.25, 0.3) is 5.92 Å². The van der Waals surface area contributed by atoms with Crippen LogP contribution in [0.4, 0.5) is 8.78 Å². The zero-order valence-corrected chi connectivity index (χ0v) is 27.3. The first-order valence-electron chi connectivity index (χ1n) is 15.2. The number of piperidine rings is 1. The van der Waals surface area contributed by atoms with Gasteiger partial charge < -0.3 is 32.4 Å². The Bertz CT molecular complexity index is 1580. The van der Waals surface area contributed by atoms with Crippen molar-refractivity contribution < 1.29 is 23.2 Å². The maximum Gasteiger partial charge on any atom is 0.299 e. The molecule has 3 amide bonds. The zero-order chi connectivity index (χ0) is 34.6. The Morgan fingerprint density at radius 1 is 1.19 bits per heavy atom. The fourth-order valence-electron chi connectivity index (χ4n) is 6.54. The predicted molar refractivity (Wildman–Crippen MR) is 179 cm³/mol. The van der Waals surface area contributed by atoms with Gasteiger partial charge in [-0.25, -0.2) is 5.84 Å². The summed E-state index contributed by atoms with van der Waals surface area (Å²) in [6, 6.07) is 10.5. The minimum atomic E-state index is -3.06. The van der Waals surface area contributed by atoms with Gasteiger partial charge >= 0.3 is 0 Å². The van der Waals surface area contributed by atoms with Gasteiger partial charge in [-0.05, 0) is 41.9 Å².